The van der Waals surface area contributed by atoms with Gasteiger partial charge in [0.15, 0.2) is 5.69 Å². The number of aromatic carboxylic acids is 1. The molecular formula is C15H16N2O2. The van der Waals surface area contributed by atoms with Crippen LogP contribution in [0.3, 0.4) is 0 Å². The maximum absolute atomic E-state index is 11.0. The Balaban J connectivity index is 2.38. The van der Waals surface area contributed by atoms with Crippen LogP contribution in [0.1, 0.15) is 35.2 Å². The Kier molecular flexibility index (Phi) is 3.90. The predicted octanol–water partition coefficient (Wildman–Crippen LogP) is 3.10. The molecule has 1 heterocycles. The van der Waals surface area contributed by atoms with Crippen LogP contribution in [0, 0.1) is 6.92 Å². The lowest BCUT2D eigenvalue weighted by Gasteiger charge is -2.05. The fourth-order valence-corrected chi connectivity index (χ4v) is 1.96. The predicted molar refractivity (Wildman–Crippen MR) is 73.2 cm³/mol. The zero-order valence-corrected chi connectivity index (χ0v) is 11.1. The highest BCUT2D eigenvalue weighted by molar-refractivity contribution is 5.86. The zero-order valence-electron chi connectivity index (χ0n) is 11.1. The molecule has 1 N–H and O–H groups in total. The van der Waals surface area contributed by atoms with E-state index in [1.165, 1.54) is 11.6 Å². The molecule has 0 aliphatic heterocycles. The number of hydrogen-bond donors (Lipinski definition) is 1. The van der Waals surface area contributed by atoms with Crippen molar-refractivity contribution in [1.82, 2.24) is 9.97 Å². The summed E-state index contributed by atoms with van der Waals surface area (Å²) in [6.45, 7) is 3.84. The third kappa shape index (κ3) is 3.16. The molecule has 0 aliphatic rings. The summed E-state index contributed by atoms with van der Waals surface area (Å²) in [4.78, 5) is 19.2. The Morgan fingerprint density at radius 2 is 1.89 bits per heavy atom. The first-order chi connectivity index (χ1) is 9.10. The van der Waals surface area contributed by atoms with E-state index in [9.17, 15) is 4.79 Å². The maximum atomic E-state index is 11.0. The van der Waals surface area contributed by atoms with Gasteiger partial charge < -0.3 is 5.11 Å². The first kappa shape index (κ1) is 13.2. The molecule has 0 saturated heterocycles. The Bertz CT molecular complexity index is 592. The van der Waals surface area contributed by atoms with Crippen LogP contribution in [0.2, 0.25) is 0 Å². The summed E-state index contributed by atoms with van der Waals surface area (Å²) in [5.74, 6) is -0.568. The van der Waals surface area contributed by atoms with Gasteiger partial charge in [0, 0.05) is 5.56 Å². The molecule has 1 aromatic carbocycles. The van der Waals surface area contributed by atoms with Crippen molar-refractivity contribution in [3.8, 4) is 11.3 Å². The Labute approximate surface area is 112 Å². The van der Waals surface area contributed by atoms with Crippen LogP contribution in [-0.4, -0.2) is 21.0 Å². The molecule has 2 aromatic rings. The molecule has 0 atom stereocenters. The molecule has 0 aliphatic carbocycles. The van der Waals surface area contributed by atoms with Gasteiger partial charge in [-0.05, 0) is 25.0 Å². The van der Waals surface area contributed by atoms with Gasteiger partial charge in [0.2, 0.25) is 0 Å². The fraction of sp³-hybridized carbons (Fsp3) is 0.267. The number of aromatic nitrogens is 2. The van der Waals surface area contributed by atoms with E-state index in [4.69, 9.17) is 5.11 Å². The highest BCUT2D eigenvalue weighted by atomic mass is 16.4. The third-order valence-corrected chi connectivity index (χ3v) is 2.85. The second-order valence-corrected chi connectivity index (χ2v) is 4.44. The minimum absolute atomic E-state index is 0.0279. The minimum Gasteiger partial charge on any atom is -0.477 e. The number of carboxylic acid groups (broad SMARTS) is 1. The van der Waals surface area contributed by atoms with Crippen molar-refractivity contribution in [2.24, 2.45) is 0 Å². The fourth-order valence-electron chi connectivity index (χ4n) is 1.96. The second-order valence-electron chi connectivity index (χ2n) is 4.44. The number of aryl methyl sites for hydroxylation is 2. The molecule has 2 rings (SSSR count). The van der Waals surface area contributed by atoms with Gasteiger partial charge in [-0.2, -0.15) is 0 Å². The zero-order chi connectivity index (χ0) is 13.8. The normalized spacial score (nSPS) is 10.4. The molecule has 4 nitrogen and oxygen atoms in total. The lowest BCUT2D eigenvalue weighted by molar-refractivity contribution is 0.0690. The van der Waals surface area contributed by atoms with Crippen LogP contribution in [0.5, 0.6) is 0 Å². The van der Waals surface area contributed by atoms with Crippen molar-refractivity contribution >= 4 is 5.97 Å². The van der Waals surface area contributed by atoms with E-state index in [0.717, 1.165) is 18.4 Å². The van der Waals surface area contributed by atoms with Crippen molar-refractivity contribution in [3.05, 3.63) is 47.4 Å². The molecule has 0 saturated carbocycles. The van der Waals surface area contributed by atoms with Gasteiger partial charge in [-0.3, -0.25) is 0 Å². The maximum Gasteiger partial charge on any atom is 0.354 e. The quantitative estimate of drug-likeness (QED) is 0.913. The molecule has 1 aromatic heterocycles. The van der Waals surface area contributed by atoms with Crippen molar-refractivity contribution in [3.63, 3.8) is 0 Å². The number of hydrogen-bond acceptors (Lipinski definition) is 3. The molecule has 19 heavy (non-hydrogen) atoms. The van der Waals surface area contributed by atoms with E-state index in [2.05, 4.69) is 29.0 Å². The van der Waals surface area contributed by atoms with E-state index >= 15 is 0 Å². The summed E-state index contributed by atoms with van der Waals surface area (Å²) in [7, 11) is 0. The van der Waals surface area contributed by atoms with Crippen molar-refractivity contribution < 1.29 is 9.90 Å². The van der Waals surface area contributed by atoms with Gasteiger partial charge >= 0.3 is 5.97 Å². The third-order valence-electron chi connectivity index (χ3n) is 2.85. The number of nitrogens with zero attached hydrogens (tertiary/aromatic N) is 2. The number of carboxylic acids is 1. The largest absolute Gasteiger partial charge is 0.477 e. The van der Waals surface area contributed by atoms with E-state index in [-0.39, 0.29) is 5.69 Å². The van der Waals surface area contributed by atoms with Crippen LogP contribution in [0.15, 0.2) is 30.3 Å². The van der Waals surface area contributed by atoms with Crippen LogP contribution in [0.25, 0.3) is 11.3 Å². The Morgan fingerprint density at radius 1 is 1.21 bits per heavy atom. The molecule has 4 heteroatoms. The monoisotopic (exact) mass is 256 g/mol. The summed E-state index contributed by atoms with van der Waals surface area (Å²) >= 11 is 0. The summed E-state index contributed by atoms with van der Waals surface area (Å²) in [6, 6.07) is 9.55. The van der Waals surface area contributed by atoms with Gasteiger partial charge in [0.05, 0.1) is 5.69 Å². The summed E-state index contributed by atoms with van der Waals surface area (Å²) < 4.78 is 0. The molecule has 0 fully saturated rings. The summed E-state index contributed by atoms with van der Waals surface area (Å²) in [6.07, 6.45) is 2.15. The van der Waals surface area contributed by atoms with Crippen molar-refractivity contribution in [2.45, 2.75) is 26.7 Å². The molecule has 0 bridgehead atoms. The first-order valence-electron chi connectivity index (χ1n) is 6.28. The Hall–Kier alpha value is -2.23. The molecule has 98 valence electrons. The smallest absolute Gasteiger partial charge is 0.354 e. The van der Waals surface area contributed by atoms with Crippen LogP contribution in [0.4, 0.5) is 0 Å². The molecular weight excluding hydrogens is 240 g/mol. The topological polar surface area (TPSA) is 63.1 Å². The summed E-state index contributed by atoms with van der Waals surface area (Å²) in [5.41, 5.74) is 2.86. The van der Waals surface area contributed by atoms with Gasteiger partial charge in [-0.15, -0.1) is 0 Å². The lowest BCUT2D eigenvalue weighted by atomic mass is 10.1. The lowest BCUT2D eigenvalue weighted by Crippen LogP contribution is -2.04. The van der Waals surface area contributed by atoms with Crippen LogP contribution < -0.4 is 0 Å². The van der Waals surface area contributed by atoms with E-state index < -0.39 is 5.97 Å². The minimum atomic E-state index is -1.03. The SMILES string of the molecule is CCCc1ccc(-c2cc(C(=O)O)nc(C)n2)cc1. The average molecular weight is 256 g/mol. The van der Waals surface area contributed by atoms with Gasteiger partial charge in [0.25, 0.3) is 0 Å². The highest BCUT2D eigenvalue weighted by Gasteiger charge is 2.09. The second kappa shape index (κ2) is 5.61. The van der Waals surface area contributed by atoms with E-state index in [1.54, 1.807) is 6.92 Å². The molecule has 0 radical (unpaired) electrons. The van der Waals surface area contributed by atoms with E-state index in [1.807, 2.05) is 12.1 Å². The number of benzene rings is 1. The number of carbonyl (C=O) groups is 1. The van der Waals surface area contributed by atoms with Crippen molar-refractivity contribution in [2.75, 3.05) is 0 Å². The van der Waals surface area contributed by atoms with Crippen LogP contribution in [-0.2, 0) is 6.42 Å². The average Bonchev–Trinajstić information content (AvgIpc) is 2.39. The van der Waals surface area contributed by atoms with Gasteiger partial charge in [-0.1, -0.05) is 37.6 Å². The standard InChI is InChI=1S/C15H16N2O2/c1-3-4-11-5-7-12(8-6-11)13-9-14(15(18)19)17-10(2)16-13/h5-9H,3-4H2,1-2H3,(H,18,19). The molecule has 0 spiro atoms. The Morgan fingerprint density at radius 3 is 2.47 bits per heavy atom. The van der Waals surface area contributed by atoms with Crippen molar-refractivity contribution in [1.29, 1.82) is 0 Å². The van der Waals surface area contributed by atoms with Gasteiger partial charge in [0.1, 0.15) is 5.82 Å². The highest BCUT2D eigenvalue weighted by Crippen LogP contribution is 2.19. The van der Waals surface area contributed by atoms with Crippen LogP contribution >= 0.6 is 0 Å². The number of rotatable bonds is 4. The first-order valence-corrected chi connectivity index (χ1v) is 6.28. The molecule has 0 amide bonds. The van der Waals surface area contributed by atoms with E-state index in [0.29, 0.717) is 11.5 Å². The summed E-state index contributed by atoms with van der Waals surface area (Å²) in [5, 5.41) is 9.00. The van der Waals surface area contributed by atoms with Gasteiger partial charge in [-0.25, -0.2) is 14.8 Å². The molecule has 0 unspecified atom stereocenters.